The minimum absolute atomic E-state index is 0.160. The van der Waals surface area contributed by atoms with Crippen molar-refractivity contribution in [2.75, 3.05) is 0 Å². The standard InChI is InChI=1S/C20H14N2O4S/c23-20-11-10-19(15-5-1-2-6-16(15)20)22-21-18-7-3-4-13-8-9-14(12-17(13)18)27(24,25)26/h1-12,23H,(H,24,25,26). The first-order valence-electron chi connectivity index (χ1n) is 8.06. The van der Waals surface area contributed by atoms with E-state index in [0.29, 0.717) is 22.1 Å². The fraction of sp³-hybridized carbons (Fsp3) is 0. The van der Waals surface area contributed by atoms with Crippen molar-refractivity contribution in [3.8, 4) is 5.75 Å². The predicted molar refractivity (Wildman–Crippen MR) is 104 cm³/mol. The van der Waals surface area contributed by atoms with Gasteiger partial charge in [0.05, 0.1) is 16.3 Å². The molecule has 0 saturated carbocycles. The maximum Gasteiger partial charge on any atom is 0.294 e. The van der Waals surface area contributed by atoms with Crippen molar-refractivity contribution in [2.45, 2.75) is 4.90 Å². The first-order chi connectivity index (χ1) is 12.9. The van der Waals surface area contributed by atoms with Crippen molar-refractivity contribution in [1.82, 2.24) is 0 Å². The minimum atomic E-state index is -4.31. The van der Waals surface area contributed by atoms with E-state index in [4.69, 9.17) is 0 Å². The molecule has 4 aromatic carbocycles. The summed E-state index contributed by atoms with van der Waals surface area (Å²) in [5, 5.41) is 21.3. The smallest absolute Gasteiger partial charge is 0.294 e. The second-order valence-electron chi connectivity index (χ2n) is 5.98. The average molecular weight is 378 g/mol. The molecule has 7 heteroatoms. The first-order valence-corrected chi connectivity index (χ1v) is 9.50. The lowest BCUT2D eigenvalue weighted by Crippen LogP contribution is -1.97. The van der Waals surface area contributed by atoms with E-state index in [1.807, 2.05) is 24.3 Å². The number of hydrogen-bond donors (Lipinski definition) is 2. The summed E-state index contributed by atoms with van der Waals surface area (Å²) in [6.45, 7) is 0. The van der Waals surface area contributed by atoms with Gasteiger partial charge in [-0.05, 0) is 35.7 Å². The van der Waals surface area contributed by atoms with Gasteiger partial charge in [0.2, 0.25) is 0 Å². The van der Waals surface area contributed by atoms with Gasteiger partial charge in [0, 0.05) is 16.2 Å². The third kappa shape index (κ3) is 3.25. The zero-order valence-electron chi connectivity index (χ0n) is 13.9. The van der Waals surface area contributed by atoms with Gasteiger partial charge < -0.3 is 5.11 Å². The molecule has 0 fully saturated rings. The average Bonchev–Trinajstić information content (AvgIpc) is 2.66. The van der Waals surface area contributed by atoms with Gasteiger partial charge in [-0.1, -0.05) is 42.5 Å². The number of aromatic hydroxyl groups is 1. The Morgan fingerprint density at radius 1 is 0.704 bits per heavy atom. The highest BCUT2D eigenvalue weighted by atomic mass is 32.2. The monoisotopic (exact) mass is 378 g/mol. The lowest BCUT2D eigenvalue weighted by Gasteiger charge is -2.05. The molecule has 0 amide bonds. The summed E-state index contributed by atoms with van der Waals surface area (Å²) in [4.78, 5) is -0.201. The molecule has 0 radical (unpaired) electrons. The number of hydrogen-bond acceptors (Lipinski definition) is 5. The molecule has 0 atom stereocenters. The van der Waals surface area contributed by atoms with Gasteiger partial charge in [-0.15, -0.1) is 10.2 Å². The molecule has 27 heavy (non-hydrogen) atoms. The highest BCUT2D eigenvalue weighted by Gasteiger charge is 2.11. The molecule has 2 N–H and O–H groups in total. The molecule has 0 unspecified atom stereocenters. The van der Waals surface area contributed by atoms with Crippen molar-refractivity contribution >= 4 is 43.0 Å². The largest absolute Gasteiger partial charge is 0.507 e. The SMILES string of the molecule is O=S(=O)(O)c1ccc2cccc(N=Nc3ccc(O)c4ccccc34)c2c1. The Balaban J connectivity index is 1.86. The van der Waals surface area contributed by atoms with Crippen LogP contribution in [-0.2, 0) is 10.1 Å². The molecule has 0 bridgehead atoms. The van der Waals surface area contributed by atoms with Crippen molar-refractivity contribution < 1.29 is 18.1 Å². The van der Waals surface area contributed by atoms with Crippen LogP contribution in [-0.4, -0.2) is 18.1 Å². The van der Waals surface area contributed by atoms with Gasteiger partial charge in [-0.3, -0.25) is 4.55 Å². The summed E-state index contributed by atoms with van der Waals surface area (Å²) in [5.74, 6) is 0.160. The molecule has 0 spiro atoms. The van der Waals surface area contributed by atoms with E-state index in [1.54, 1.807) is 36.4 Å². The summed E-state index contributed by atoms with van der Waals surface area (Å²) < 4.78 is 32.1. The van der Waals surface area contributed by atoms with Gasteiger partial charge in [0.1, 0.15) is 5.75 Å². The number of rotatable bonds is 3. The number of benzene rings is 4. The van der Waals surface area contributed by atoms with Gasteiger partial charge in [0.25, 0.3) is 10.1 Å². The number of nitrogens with zero attached hydrogens (tertiary/aromatic N) is 2. The Morgan fingerprint density at radius 3 is 2.15 bits per heavy atom. The minimum Gasteiger partial charge on any atom is -0.507 e. The van der Waals surface area contributed by atoms with Crippen LogP contribution in [0.1, 0.15) is 0 Å². The molecule has 0 heterocycles. The third-order valence-corrected chi connectivity index (χ3v) is 5.12. The number of phenolic OH excluding ortho intramolecular Hbond substituents is 1. The number of azo groups is 1. The van der Waals surface area contributed by atoms with Crippen molar-refractivity contribution in [2.24, 2.45) is 10.2 Å². The van der Waals surface area contributed by atoms with Gasteiger partial charge >= 0.3 is 0 Å². The molecule has 0 saturated heterocycles. The van der Waals surface area contributed by atoms with Crippen LogP contribution in [0.15, 0.2) is 87.9 Å². The maximum absolute atomic E-state index is 11.4. The molecule has 0 aliphatic carbocycles. The van der Waals surface area contributed by atoms with E-state index < -0.39 is 10.1 Å². The van der Waals surface area contributed by atoms with E-state index in [9.17, 15) is 18.1 Å². The zero-order valence-corrected chi connectivity index (χ0v) is 14.8. The van der Waals surface area contributed by atoms with Gasteiger partial charge in [0.15, 0.2) is 0 Å². The van der Waals surface area contributed by atoms with E-state index in [-0.39, 0.29) is 10.6 Å². The maximum atomic E-state index is 11.4. The number of fused-ring (bicyclic) bond motifs is 2. The van der Waals surface area contributed by atoms with Gasteiger partial charge in [-0.25, -0.2) is 0 Å². The Kier molecular flexibility index (Phi) is 4.10. The topological polar surface area (TPSA) is 99.3 Å². The lowest BCUT2D eigenvalue weighted by molar-refractivity contribution is 0.481. The van der Waals surface area contributed by atoms with Gasteiger partial charge in [-0.2, -0.15) is 8.42 Å². The predicted octanol–water partition coefficient (Wildman–Crippen LogP) is 5.36. The van der Waals surface area contributed by atoms with E-state index >= 15 is 0 Å². The molecule has 6 nitrogen and oxygen atoms in total. The summed E-state index contributed by atoms with van der Waals surface area (Å²) >= 11 is 0. The van der Waals surface area contributed by atoms with Crippen LogP contribution in [0.25, 0.3) is 21.5 Å². The van der Waals surface area contributed by atoms with Crippen molar-refractivity contribution in [3.63, 3.8) is 0 Å². The molecule has 0 aromatic heterocycles. The fourth-order valence-electron chi connectivity index (χ4n) is 2.95. The van der Waals surface area contributed by atoms with Crippen LogP contribution in [0, 0.1) is 0 Å². The second-order valence-corrected chi connectivity index (χ2v) is 7.41. The molecule has 4 aromatic rings. The summed E-state index contributed by atoms with van der Waals surface area (Å²) in [6.07, 6.45) is 0. The molecule has 4 rings (SSSR count). The normalized spacial score (nSPS) is 12.2. The van der Waals surface area contributed by atoms with E-state index in [0.717, 1.165) is 10.8 Å². The van der Waals surface area contributed by atoms with Crippen LogP contribution < -0.4 is 0 Å². The number of phenols is 1. The molecular weight excluding hydrogens is 364 g/mol. The van der Waals surface area contributed by atoms with E-state index in [2.05, 4.69) is 10.2 Å². The third-order valence-electron chi connectivity index (χ3n) is 4.27. The molecular formula is C20H14N2O4S. The molecule has 0 aliphatic rings. The highest BCUT2D eigenvalue weighted by molar-refractivity contribution is 7.85. The lowest BCUT2D eigenvalue weighted by atomic mass is 10.1. The highest BCUT2D eigenvalue weighted by Crippen LogP contribution is 2.34. The Bertz CT molecular complexity index is 1310. The second kappa shape index (κ2) is 6.46. The van der Waals surface area contributed by atoms with Crippen LogP contribution in [0.3, 0.4) is 0 Å². The van der Waals surface area contributed by atoms with Crippen LogP contribution >= 0.6 is 0 Å². The van der Waals surface area contributed by atoms with Crippen molar-refractivity contribution in [3.05, 3.63) is 72.8 Å². The van der Waals surface area contributed by atoms with Crippen LogP contribution in [0.4, 0.5) is 11.4 Å². The molecule has 0 aliphatic heterocycles. The van der Waals surface area contributed by atoms with Crippen LogP contribution in [0.5, 0.6) is 5.75 Å². The summed E-state index contributed by atoms with van der Waals surface area (Å²) in [6, 6.07) is 20.1. The Labute approximate surface area is 155 Å². The quantitative estimate of drug-likeness (QED) is 0.370. The first kappa shape index (κ1) is 17.1. The summed E-state index contributed by atoms with van der Waals surface area (Å²) in [5.41, 5.74) is 1.04. The Morgan fingerprint density at radius 2 is 1.41 bits per heavy atom. The fourth-order valence-corrected chi connectivity index (χ4v) is 3.45. The van der Waals surface area contributed by atoms with E-state index in [1.165, 1.54) is 12.1 Å². The molecule has 134 valence electrons. The van der Waals surface area contributed by atoms with Crippen molar-refractivity contribution in [1.29, 1.82) is 0 Å². The van der Waals surface area contributed by atoms with Crippen LogP contribution in [0.2, 0.25) is 0 Å². The Hall–Kier alpha value is -3.29. The zero-order chi connectivity index (χ0) is 19.0. The summed E-state index contributed by atoms with van der Waals surface area (Å²) in [7, 11) is -4.31.